The number of imidazole rings is 1. The molecule has 27 heavy (non-hydrogen) atoms. The fraction of sp³-hybridized carbons (Fsp3) is 0.0588. The average molecular weight is 372 g/mol. The van der Waals surface area contributed by atoms with Crippen molar-refractivity contribution in [3.8, 4) is 11.5 Å². The number of alkyl halides is 3. The Labute approximate surface area is 150 Å². The molecule has 0 amide bonds. The van der Waals surface area contributed by atoms with E-state index < -0.39 is 11.9 Å². The molecule has 4 rings (SSSR count). The van der Waals surface area contributed by atoms with Crippen molar-refractivity contribution in [2.24, 2.45) is 0 Å². The van der Waals surface area contributed by atoms with Crippen LogP contribution < -0.4 is 4.90 Å². The van der Waals surface area contributed by atoms with Gasteiger partial charge in [0.05, 0.1) is 12.4 Å². The lowest BCUT2D eigenvalue weighted by Gasteiger charge is -2.14. The first-order chi connectivity index (χ1) is 12.9. The summed E-state index contributed by atoms with van der Waals surface area (Å²) in [6.07, 6.45) is 8.11. The molecule has 1 N–H and O–H groups in total. The summed E-state index contributed by atoms with van der Waals surface area (Å²) in [6, 6.07) is 1.63. The highest BCUT2D eigenvalue weighted by molar-refractivity contribution is 5.59. The van der Waals surface area contributed by atoms with Gasteiger partial charge in [0.1, 0.15) is 17.3 Å². The monoisotopic (exact) mass is 372 g/mol. The van der Waals surface area contributed by atoms with Gasteiger partial charge >= 0.3 is 6.18 Å². The Morgan fingerprint density at radius 2 is 1.89 bits per heavy atom. The first kappa shape index (κ1) is 16.8. The van der Waals surface area contributed by atoms with E-state index in [1.54, 1.807) is 29.4 Å². The Bertz CT molecular complexity index is 1100. The molecule has 0 aromatic carbocycles. The Balaban J connectivity index is 1.77. The Morgan fingerprint density at radius 1 is 1.04 bits per heavy atom. The number of halogens is 3. The van der Waals surface area contributed by atoms with E-state index in [1.807, 2.05) is 0 Å². The normalized spacial score (nSPS) is 14.5. The molecule has 0 radical (unpaired) electrons. The van der Waals surface area contributed by atoms with E-state index in [9.17, 15) is 18.3 Å². The number of allylic oxidation sites excluding steroid dienone is 3. The third-order valence-electron chi connectivity index (χ3n) is 3.74. The number of aliphatic hydroxyl groups is 1. The Morgan fingerprint density at radius 3 is 2.70 bits per heavy atom. The van der Waals surface area contributed by atoms with E-state index in [0.717, 1.165) is 12.4 Å². The van der Waals surface area contributed by atoms with Gasteiger partial charge in [-0.25, -0.2) is 19.9 Å². The van der Waals surface area contributed by atoms with E-state index in [0.29, 0.717) is 11.5 Å². The zero-order valence-corrected chi connectivity index (χ0v) is 13.5. The molecule has 10 heteroatoms. The van der Waals surface area contributed by atoms with Gasteiger partial charge in [-0.1, -0.05) is 0 Å². The number of hydrogen-bond donors (Lipinski definition) is 1. The van der Waals surface area contributed by atoms with Crippen LogP contribution in [0.4, 0.5) is 19.0 Å². The summed E-state index contributed by atoms with van der Waals surface area (Å²) in [6.45, 7) is 0. The third-order valence-corrected chi connectivity index (χ3v) is 3.74. The lowest BCUT2D eigenvalue weighted by atomic mass is 10.4. The summed E-state index contributed by atoms with van der Waals surface area (Å²) >= 11 is 0. The maximum atomic E-state index is 13.0. The minimum Gasteiger partial charge on any atom is -0.508 e. The van der Waals surface area contributed by atoms with Crippen molar-refractivity contribution in [2.45, 2.75) is 6.18 Å². The zero-order valence-electron chi connectivity index (χ0n) is 13.5. The van der Waals surface area contributed by atoms with Crippen LogP contribution in [0.5, 0.6) is 0 Å². The van der Waals surface area contributed by atoms with Gasteiger partial charge in [-0.2, -0.15) is 13.2 Å². The van der Waals surface area contributed by atoms with Gasteiger partial charge in [0.15, 0.2) is 17.2 Å². The number of anilines is 1. The van der Waals surface area contributed by atoms with E-state index in [-0.39, 0.29) is 17.2 Å². The maximum absolute atomic E-state index is 13.0. The summed E-state index contributed by atoms with van der Waals surface area (Å²) in [7, 11) is 0. The van der Waals surface area contributed by atoms with Crippen molar-refractivity contribution in [3.63, 3.8) is 0 Å². The second-order valence-electron chi connectivity index (χ2n) is 5.54. The molecule has 0 saturated heterocycles. The molecule has 1 aliphatic heterocycles. The van der Waals surface area contributed by atoms with Crippen LogP contribution in [0.15, 0.2) is 67.2 Å². The molecule has 0 aliphatic carbocycles. The van der Waals surface area contributed by atoms with Crippen LogP contribution in [-0.2, 0) is 6.18 Å². The molecule has 7 nitrogen and oxygen atoms in total. The highest BCUT2D eigenvalue weighted by Gasteiger charge is 2.33. The second kappa shape index (κ2) is 6.24. The summed E-state index contributed by atoms with van der Waals surface area (Å²) in [5.41, 5.74) is -0.496. The number of aromatic nitrogens is 5. The van der Waals surface area contributed by atoms with Crippen LogP contribution in [0, 0.1) is 0 Å². The highest BCUT2D eigenvalue weighted by Crippen LogP contribution is 2.28. The summed E-state index contributed by atoms with van der Waals surface area (Å²) in [5, 5.41) is 9.52. The first-order valence-corrected chi connectivity index (χ1v) is 7.69. The fourth-order valence-electron chi connectivity index (χ4n) is 2.47. The van der Waals surface area contributed by atoms with Gasteiger partial charge in [0.25, 0.3) is 0 Å². The molecule has 1 aliphatic rings. The number of rotatable bonds is 2. The quantitative estimate of drug-likeness (QED) is 0.742. The standard InChI is InChI=1S/C17H11F3N6O/c18-17(19,20)13-10-26-12(8-23-15(26)9-22-13)16-21-5-3-14(24-16)25-6-1-2-11(27)4-7-25/h1-10,27H. The molecule has 4 heterocycles. The SMILES string of the molecule is OC1=CC=CN(c2ccnc(-c3cnc4cnc(C(F)(F)F)cn34)n2)C=C1. The number of fused-ring (bicyclic) bond motifs is 1. The van der Waals surface area contributed by atoms with Gasteiger partial charge in [-0.3, -0.25) is 4.40 Å². The topological polar surface area (TPSA) is 79.4 Å². The summed E-state index contributed by atoms with van der Waals surface area (Å²) in [5.74, 6) is 0.746. The number of nitrogens with zero attached hydrogens (tertiary/aromatic N) is 6. The smallest absolute Gasteiger partial charge is 0.434 e. The van der Waals surface area contributed by atoms with Crippen LogP contribution >= 0.6 is 0 Å². The summed E-state index contributed by atoms with van der Waals surface area (Å²) < 4.78 is 40.1. The molecule has 136 valence electrons. The average Bonchev–Trinajstić information content (AvgIpc) is 2.95. The number of hydrogen-bond acceptors (Lipinski definition) is 6. The van der Waals surface area contributed by atoms with Crippen molar-refractivity contribution in [3.05, 3.63) is 72.9 Å². The number of aliphatic hydroxyl groups excluding tert-OH is 1. The van der Waals surface area contributed by atoms with Gasteiger partial charge in [-0.15, -0.1) is 0 Å². The van der Waals surface area contributed by atoms with E-state index in [1.165, 1.54) is 28.9 Å². The summed E-state index contributed by atoms with van der Waals surface area (Å²) in [4.78, 5) is 17.6. The van der Waals surface area contributed by atoms with Gasteiger partial charge in [0.2, 0.25) is 0 Å². The molecule has 0 fully saturated rings. The molecule has 3 aromatic heterocycles. The fourth-order valence-corrected chi connectivity index (χ4v) is 2.47. The van der Waals surface area contributed by atoms with E-state index in [2.05, 4.69) is 19.9 Å². The predicted molar refractivity (Wildman–Crippen MR) is 90.5 cm³/mol. The molecular weight excluding hydrogens is 361 g/mol. The molecule has 0 unspecified atom stereocenters. The van der Waals surface area contributed by atoms with Crippen molar-refractivity contribution in [1.82, 2.24) is 24.3 Å². The molecule has 0 spiro atoms. The molecule has 3 aromatic rings. The third kappa shape index (κ3) is 3.24. The second-order valence-corrected chi connectivity index (χ2v) is 5.54. The van der Waals surface area contributed by atoms with Crippen LogP contribution in [0.1, 0.15) is 5.69 Å². The van der Waals surface area contributed by atoms with Gasteiger partial charge < -0.3 is 10.0 Å². The Hall–Kier alpha value is -3.69. The first-order valence-electron chi connectivity index (χ1n) is 7.69. The molecule has 0 bridgehead atoms. The Kier molecular flexibility index (Phi) is 3.87. The van der Waals surface area contributed by atoms with Crippen molar-refractivity contribution in [1.29, 1.82) is 0 Å². The predicted octanol–water partition coefficient (Wildman–Crippen LogP) is 3.49. The maximum Gasteiger partial charge on any atom is 0.434 e. The van der Waals surface area contributed by atoms with Crippen LogP contribution in [0.25, 0.3) is 17.2 Å². The van der Waals surface area contributed by atoms with Gasteiger partial charge in [0, 0.05) is 24.8 Å². The van der Waals surface area contributed by atoms with Crippen molar-refractivity contribution < 1.29 is 18.3 Å². The van der Waals surface area contributed by atoms with Crippen LogP contribution in [-0.4, -0.2) is 29.4 Å². The molecule has 0 atom stereocenters. The molecule has 0 saturated carbocycles. The lowest BCUT2D eigenvalue weighted by molar-refractivity contribution is -0.141. The van der Waals surface area contributed by atoms with Crippen LogP contribution in [0.2, 0.25) is 0 Å². The van der Waals surface area contributed by atoms with Crippen molar-refractivity contribution >= 4 is 11.5 Å². The van der Waals surface area contributed by atoms with E-state index >= 15 is 0 Å². The molecular formula is C17H11F3N6O. The zero-order chi connectivity index (χ0) is 19.0. The minimum atomic E-state index is -4.57. The lowest BCUT2D eigenvalue weighted by Crippen LogP contribution is -2.10. The van der Waals surface area contributed by atoms with Crippen LogP contribution in [0.3, 0.4) is 0 Å². The highest BCUT2D eigenvalue weighted by atomic mass is 19.4. The van der Waals surface area contributed by atoms with E-state index in [4.69, 9.17) is 0 Å². The van der Waals surface area contributed by atoms with Crippen molar-refractivity contribution in [2.75, 3.05) is 4.90 Å². The largest absolute Gasteiger partial charge is 0.508 e. The van der Waals surface area contributed by atoms with Gasteiger partial charge in [-0.05, 0) is 24.3 Å². The minimum absolute atomic E-state index is 0.0805.